The Morgan fingerprint density at radius 3 is 2.29 bits per heavy atom. The van der Waals surface area contributed by atoms with Gasteiger partial charge in [-0.15, -0.1) is 0 Å². The van der Waals surface area contributed by atoms with E-state index in [2.05, 4.69) is 5.32 Å². The molecule has 0 aliphatic rings. The van der Waals surface area contributed by atoms with Gasteiger partial charge in [-0.2, -0.15) is 0 Å². The quantitative estimate of drug-likeness (QED) is 0.585. The van der Waals surface area contributed by atoms with E-state index < -0.39 is 27.9 Å². The van der Waals surface area contributed by atoms with Crippen molar-refractivity contribution in [3.8, 4) is 0 Å². The normalized spacial score (nSPS) is 12.2. The summed E-state index contributed by atoms with van der Waals surface area (Å²) in [6, 6.07) is 8.68. The molecule has 0 aromatic heterocycles. The highest BCUT2D eigenvalue weighted by molar-refractivity contribution is 7.92. The van der Waals surface area contributed by atoms with Crippen molar-refractivity contribution in [1.82, 2.24) is 0 Å². The smallest absolute Gasteiger partial charge is 0.339 e. The van der Waals surface area contributed by atoms with E-state index in [-0.39, 0.29) is 23.6 Å². The molecular weight excluding hydrogens is 440 g/mol. The average molecular weight is 467 g/mol. The summed E-state index contributed by atoms with van der Waals surface area (Å²) in [5.41, 5.74) is 2.88. The number of nitrogens with zero attached hydrogens (tertiary/aromatic N) is 1. The Hall–Kier alpha value is -2.58. The molecule has 9 heteroatoms. The van der Waals surface area contributed by atoms with Crippen LogP contribution in [0.25, 0.3) is 0 Å². The van der Waals surface area contributed by atoms with Crippen molar-refractivity contribution in [2.45, 2.75) is 40.2 Å². The summed E-state index contributed by atoms with van der Waals surface area (Å²) >= 11 is 6.16. The summed E-state index contributed by atoms with van der Waals surface area (Å²) in [5.74, 6) is -1.07. The molecule has 2 rings (SSSR count). The van der Waals surface area contributed by atoms with Crippen LogP contribution in [0.3, 0.4) is 0 Å². The molecule has 0 spiro atoms. The van der Waals surface area contributed by atoms with E-state index in [0.717, 1.165) is 21.7 Å². The van der Waals surface area contributed by atoms with Crippen LogP contribution in [0.4, 0.5) is 11.4 Å². The second kappa shape index (κ2) is 10.2. The van der Waals surface area contributed by atoms with Crippen LogP contribution in [-0.2, 0) is 19.6 Å². The molecule has 0 unspecified atom stereocenters. The van der Waals surface area contributed by atoms with Crippen molar-refractivity contribution in [3.05, 3.63) is 58.1 Å². The minimum atomic E-state index is -3.74. The SMILES string of the molecule is CCOC(=O)c1ccc(NC(=O)[C@@H](CC)N(c2ccc(C)c(C)c2)S(C)(=O)=O)cc1Cl. The summed E-state index contributed by atoms with van der Waals surface area (Å²) < 4.78 is 31.3. The zero-order valence-electron chi connectivity index (χ0n) is 18.2. The van der Waals surface area contributed by atoms with Crippen LogP contribution >= 0.6 is 11.6 Å². The van der Waals surface area contributed by atoms with Gasteiger partial charge in [0.1, 0.15) is 6.04 Å². The van der Waals surface area contributed by atoms with Crippen LogP contribution < -0.4 is 9.62 Å². The Labute approximate surface area is 188 Å². The number of sulfonamides is 1. The Bertz CT molecular complexity index is 1090. The lowest BCUT2D eigenvalue weighted by molar-refractivity contribution is -0.117. The van der Waals surface area contributed by atoms with Gasteiger partial charge in [0.25, 0.3) is 0 Å². The van der Waals surface area contributed by atoms with Crippen LogP contribution in [0.5, 0.6) is 0 Å². The highest BCUT2D eigenvalue weighted by atomic mass is 35.5. The molecule has 0 fully saturated rings. The number of hydrogen-bond donors (Lipinski definition) is 1. The van der Waals surface area contributed by atoms with Crippen molar-refractivity contribution in [2.75, 3.05) is 22.5 Å². The maximum atomic E-state index is 13.0. The third-order valence-electron chi connectivity index (χ3n) is 4.81. The molecule has 2 aromatic carbocycles. The number of ether oxygens (including phenoxy) is 1. The lowest BCUT2D eigenvalue weighted by atomic mass is 10.1. The summed E-state index contributed by atoms with van der Waals surface area (Å²) in [6.45, 7) is 7.45. The first-order valence-electron chi connectivity index (χ1n) is 9.83. The molecule has 31 heavy (non-hydrogen) atoms. The number of benzene rings is 2. The Morgan fingerprint density at radius 1 is 1.10 bits per heavy atom. The standard InChI is InChI=1S/C22H27ClN2O5S/c1-6-20(25(31(5,28)29)17-10-8-14(3)15(4)12-17)21(26)24-16-9-11-18(19(23)13-16)22(27)30-7-2/h8-13,20H,6-7H2,1-5H3,(H,24,26)/t20-/m1/s1. The van der Waals surface area contributed by atoms with Gasteiger partial charge in [-0.25, -0.2) is 13.2 Å². The van der Waals surface area contributed by atoms with Gasteiger partial charge in [0, 0.05) is 5.69 Å². The molecule has 1 N–H and O–H groups in total. The highest BCUT2D eigenvalue weighted by Gasteiger charge is 2.32. The molecule has 7 nitrogen and oxygen atoms in total. The Kier molecular flexibility index (Phi) is 8.08. The molecule has 1 amide bonds. The van der Waals surface area contributed by atoms with Gasteiger partial charge in [0.2, 0.25) is 15.9 Å². The monoisotopic (exact) mass is 466 g/mol. The van der Waals surface area contributed by atoms with E-state index in [9.17, 15) is 18.0 Å². The summed E-state index contributed by atoms with van der Waals surface area (Å²) in [4.78, 5) is 24.9. The Balaban J connectivity index is 2.35. The molecule has 0 saturated heterocycles. The first-order valence-corrected chi connectivity index (χ1v) is 12.1. The molecule has 0 aliphatic heterocycles. The van der Waals surface area contributed by atoms with Crippen LogP contribution in [0, 0.1) is 13.8 Å². The second-order valence-electron chi connectivity index (χ2n) is 7.16. The summed E-state index contributed by atoms with van der Waals surface area (Å²) in [7, 11) is -3.74. The topological polar surface area (TPSA) is 92.8 Å². The number of amides is 1. The van der Waals surface area contributed by atoms with E-state index in [4.69, 9.17) is 16.3 Å². The van der Waals surface area contributed by atoms with Crippen molar-refractivity contribution in [1.29, 1.82) is 0 Å². The molecule has 0 radical (unpaired) electrons. The van der Waals surface area contributed by atoms with Crippen LogP contribution in [0.2, 0.25) is 5.02 Å². The third kappa shape index (κ3) is 5.98. The number of rotatable bonds is 8. The van der Waals surface area contributed by atoms with Gasteiger partial charge in [0.05, 0.1) is 29.1 Å². The molecule has 0 heterocycles. The van der Waals surface area contributed by atoms with Gasteiger partial charge in [-0.05, 0) is 68.7 Å². The zero-order chi connectivity index (χ0) is 23.3. The number of anilines is 2. The predicted molar refractivity (Wildman–Crippen MR) is 123 cm³/mol. The van der Waals surface area contributed by atoms with E-state index in [1.54, 1.807) is 26.0 Å². The number of carbonyl (C=O) groups excluding carboxylic acids is 2. The van der Waals surface area contributed by atoms with Crippen LogP contribution in [-0.4, -0.2) is 39.2 Å². The molecule has 1 atom stereocenters. The van der Waals surface area contributed by atoms with Crippen LogP contribution in [0.15, 0.2) is 36.4 Å². The molecule has 0 aliphatic carbocycles. The van der Waals surface area contributed by atoms with E-state index >= 15 is 0 Å². The van der Waals surface area contributed by atoms with E-state index in [0.29, 0.717) is 11.4 Å². The molecule has 2 aromatic rings. The third-order valence-corrected chi connectivity index (χ3v) is 6.30. The maximum absolute atomic E-state index is 13.0. The number of halogens is 1. The number of carbonyl (C=O) groups is 2. The van der Waals surface area contributed by atoms with E-state index in [1.807, 2.05) is 19.9 Å². The summed E-state index contributed by atoms with van der Waals surface area (Å²) in [6.07, 6.45) is 1.32. The zero-order valence-corrected chi connectivity index (χ0v) is 19.8. The first kappa shape index (κ1) is 24.7. The van der Waals surface area contributed by atoms with Crippen molar-refractivity contribution < 1.29 is 22.7 Å². The van der Waals surface area contributed by atoms with Gasteiger partial charge in [-0.3, -0.25) is 9.10 Å². The van der Waals surface area contributed by atoms with Crippen molar-refractivity contribution in [3.63, 3.8) is 0 Å². The fraction of sp³-hybridized carbons (Fsp3) is 0.364. The number of hydrogen-bond acceptors (Lipinski definition) is 5. The van der Waals surface area contributed by atoms with Gasteiger partial charge in [-0.1, -0.05) is 24.6 Å². The minimum Gasteiger partial charge on any atom is -0.462 e. The molecule has 0 bridgehead atoms. The summed E-state index contributed by atoms with van der Waals surface area (Å²) in [5, 5.41) is 2.82. The maximum Gasteiger partial charge on any atom is 0.339 e. The minimum absolute atomic E-state index is 0.124. The fourth-order valence-corrected chi connectivity index (χ4v) is 4.58. The Morgan fingerprint density at radius 2 is 1.77 bits per heavy atom. The van der Waals surface area contributed by atoms with E-state index in [1.165, 1.54) is 18.2 Å². The fourth-order valence-electron chi connectivity index (χ4n) is 3.12. The van der Waals surface area contributed by atoms with Gasteiger partial charge < -0.3 is 10.1 Å². The number of nitrogens with one attached hydrogen (secondary N) is 1. The van der Waals surface area contributed by atoms with Crippen LogP contribution in [0.1, 0.15) is 41.8 Å². The van der Waals surface area contributed by atoms with Crippen molar-refractivity contribution >= 4 is 44.9 Å². The predicted octanol–water partition coefficient (Wildman–Crippen LogP) is 4.32. The lowest BCUT2D eigenvalue weighted by Crippen LogP contribution is -2.47. The highest BCUT2D eigenvalue weighted by Crippen LogP contribution is 2.27. The lowest BCUT2D eigenvalue weighted by Gasteiger charge is -2.30. The molecule has 0 saturated carbocycles. The first-order chi connectivity index (χ1) is 14.5. The number of aryl methyl sites for hydroxylation is 2. The average Bonchev–Trinajstić information content (AvgIpc) is 2.67. The largest absolute Gasteiger partial charge is 0.462 e. The molecule has 168 valence electrons. The van der Waals surface area contributed by atoms with Gasteiger partial charge in [0.15, 0.2) is 0 Å². The second-order valence-corrected chi connectivity index (χ2v) is 9.42. The molecular formula is C22H27ClN2O5S. The van der Waals surface area contributed by atoms with Crippen molar-refractivity contribution in [2.24, 2.45) is 0 Å². The number of esters is 1. The van der Waals surface area contributed by atoms with Gasteiger partial charge >= 0.3 is 5.97 Å².